The zero-order valence-corrected chi connectivity index (χ0v) is 17.2. The van der Waals surface area contributed by atoms with Crippen LogP contribution in [0.3, 0.4) is 0 Å². The lowest BCUT2D eigenvalue weighted by Gasteiger charge is -2.31. The maximum absolute atomic E-state index is 13.2. The molecular weight excluding hydrogens is 400 g/mol. The molecule has 0 aliphatic carbocycles. The molecule has 4 rings (SSSR count). The zero-order chi connectivity index (χ0) is 21.1. The summed E-state index contributed by atoms with van der Waals surface area (Å²) in [7, 11) is 0. The number of carbonyl (C=O) groups excluding carboxylic acids is 2. The molecule has 1 aliphatic heterocycles. The lowest BCUT2D eigenvalue weighted by atomic mass is 10.0. The summed E-state index contributed by atoms with van der Waals surface area (Å²) >= 11 is 6.37. The number of primary amides is 1. The first-order valence-electron chi connectivity index (χ1n) is 9.97. The summed E-state index contributed by atoms with van der Waals surface area (Å²) in [6.45, 7) is 1.72. The van der Waals surface area contributed by atoms with Gasteiger partial charge >= 0.3 is 0 Å². The number of pyridine rings is 1. The van der Waals surface area contributed by atoms with Gasteiger partial charge < -0.3 is 11.1 Å². The van der Waals surface area contributed by atoms with Crippen LogP contribution >= 0.6 is 11.6 Å². The smallest absolute Gasteiger partial charge is 0.252 e. The molecule has 0 spiro atoms. The van der Waals surface area contributed by atoms with Gasteiger partial charge in [-0.15, -0.1) is 0 Å². The van der Waals surface area contributed by atoms with Crippen molar-refractivity contribution in [2.75, 3.05) is 19.6 Å². The number of amides is 2. The Morgan fingerprint density at radius 1 is 1.10 bits per heavy atom. The molecule has 0 atom stereocenters. The molecule has 30 heavy (non-hydrogen) atoms. The molecule has 7 heteroatoms. The third kappa shape index (κ3) is 4.45. The highest BCUT2D eigenvalue weighted by Crippen LogP contribution is 2.30. The van der Waals surface area contributed by atoms with E-state index in [1.807, 2.05) is 53.4 Å². The lowest BCUT2D eigenvalue weighted by molar-refractivity contribution is -0.119. The van der Waals surface area contributed by atoms with Crippen molar-refractivity contribution in [2.45, 2.75) is 18.9 Å². The average molecular weight is 423 g/mol. The van der Waals surface area contributed by atoms with Crippen LogP contribution < -0.4 is 11.1 Å². The highest BCUT2D eigenvalue weighted by molar-refractivity contribution is 6.33. The molecule has 0 radical (unpaired) electrons. The first-order chi connectivity index (χ1) is 14.5. The Morgan fingerprint density at radius 2 is 1.80 bits per heavy atom. The molecule has 1 aliphatic rings. The number of piperidine rings is 1. The maximum Gasteiger partial charge on any atom is 0.252 e. The Hall–Kier alpha value is -2.96. The molecule has 3 N–H and O–H groups in total. The van der Waals surface area contributed by atoms with E-state index < -0.39 is 0 Å². The average Bonchev–Trinajstić information content (AvgIpc) is 2.74. The minimum absolute atomic E-state index is 0.0531. The summed E-state index contributed by atoms with van der Waals surface area (Å²) in [5.41, 5.74) is 8.06. The van der Waals surface area contributed by atoms with Crippen molar-refractivity contribution >= 4 is 34.3 Å². The number of para-hydroxylation sites is 1. The molecule has 3 aromatic rings. The molecule has 0 unspecified atom stereocenters. The molecule has 1 fully saturated rings. The molecule has 2 amide bonds. The molecule has 0 saturated carbocycles. The number of nitrogens with two attached hydrogens (primary N) is 1. The number of fused-ring (bicyclic) bond motifs is 1. The van der Waals surface area contributed by atoms with Crippen LogP contribution in [0.15, 0.2) is 54.6 Å². The van der Waals surface area contributed by atoms with Crippen molar-refractivity contribution in [1.82, 2.24) is 15.2 Å². The maximum atomic E-state index is 13.2. The Balaban J connectivity index is 1.59. The Kier molecular flexibility index (Phi) is 5.97. The van der Waals surface area contributed by atoms with Gasteiger partial charge in [-0.1, -0.05) is 48.0 Å². The Labute approximate surface area is 180 Å². The summed E-state index contributed by atoms with van der Waals surface area (Å²) in [6, 6.07) is 16.9. The van der Waals surface area contributed by atoms with E-state index in [2.05, 4.69) is 5.32 Å². The van der Waals surface area contributed by atoms with Crippen molar-refractivity contribution in [3.05, 3.63) is 65.2 Å². The fourth-order valence-corrected chi connectivity index (χ4v) is 4.12. The van der Waals surface area contributed by atoms with Crippen LogP contribution in [0.25, 0.3) is 22.2 Å². The zero-order valence-electron chi connectivity index (χ0n) is 16.5. The summed E-state index contributed by atoms with van der Waals surface area (Å²) in [4.78, 5) is 31.0. The summed E-state index contributed by atoms with van der Waals surface area (Å²) in [5.74, 6) is -0.455. The number of halogens is 1. The number of nitrogens with zero attached hydrogens (tertiary/aromatic N) is 2. The molecule has 2 aromatic carbocycles. The van der Waals surface area contributed by atoms with Crippen molar-refractivity contribution in [1.29, 1.82) is 0 Å². The third-order valence-corrected chi connectivity index (χ3v) is 5.74. The van der Waals surface area contributed by atoms with Crippen LogP contribution in [0.5, 0.6) is 0 Å². The van der Waals surface area contributed by atoms with E-state index in [1.54, 1.807) is 6.07 Å². The van der Waals surface area contributed by atoms with Crippen LogP contribution in [0, 0.1) is 0 Å². The minimum atomic E-state index is -0.326. The van der Waals surface area contributed by atoms with Gasteiger partial charge in [0, 0.05) is 35.1 Å². The van der Waals surface area contributed by atoms with Crippen molar-refractivity contribution in [3.63, 3.8) is 0 Å². The van der Waals surface area contributed by atoms with Gasteiger partial charge in [0.25, 0.3) is 5.91 Å². The Bertz CT molecular complexity index is 1090. The number of likely N-dealkylation sites (tertiary alicyclic amines) is 1. The van der Waals surface area contributed by atoms with E-state index in [9.17, 15) is 9.59 Å². The molecular formula is C23H23ClN4O2. The number of nitrogens with one attached hydrogen (secondary N) is 1. The molecule has 0 bridgehead atoms. The summed E-state index contributed by atoms with van der Waals surface area (Å²) in [5, 5.41) is 4.55. The van der Waals surface area contributed by atoms with Gasteiger partial charge in [-0.3, -0.25) is 14.5 Å². The topological polar surface area (TPSA) is 88.3 Å². The largest absolute Gasteiger partial charge is 0.369 e. The quantitative estimate of drug-likeness (QED) is 0.660. The van der Waals surface area contributed by atoms with Gasteiger partial charge in [0.1, 0.15) is 0 Å². The van der Waals surface area contributed by atoms with Crippen LogP contribution in [-0.2, 0) is 4.79 Å². The van der Waals surface area contributed by atoms with E-state index in [1.165, 1.54) is 0 Å². The highest BCUT2D eigenvalue weighted by atomic mass is 35.5. The monoisotopic (exact) mass is 422 g/mol. The fourth-order valence-electron chi connectivity index (χ4n) is 3.89. The first-order valence-corrected chi connectivity index (χ1v) is 10.4. The summed E-state index contributed by atoms with van der Waals surface area (Å²) in [6.07, 6.45) is 1.55. The van der Waals surface area contributed by atoms with E-state index in [-0.39, 0.29) is 24.4 Å². The van der Waals surface area contributed by atoms with Crippen LogP contribution in [0.4, 0.5) is 0 Å². The van der Waals surface area contributed by atoms with E-state index in [0.29, 0.717) is 16.3 Å². The number of hydrogen-bond donors (Lipinski definition) is 2. The van der Waals surface area contributed by atoms with E-state index in [4.69, 9.17) is 22.3 Å². The highest BCUT2D eigenvalue weighted by Gasteiger charge is 2.23. The predicted molar refractivity (Wildman–Crippen MR) is 118 cm³/mol. The number of aromatic nitrogens is 1. The van der Waals surface area contributed by atoms with Gasteiger partial charge in [-0.2, -0.15) is 0 Å². The van der Waals surface area contributed by atoms with Gasteiger partial charge in [-0.05, 0) is 31.0 Å². The van der Waals surface area contributed by atoms with Gasteiger partial charge in [0.15, 0.2) is 0 Å². The minimum Gasteiger partial charge on any atom is -0.369 e. The van der Waals surface area contributed by atoms with Crippen LogP contribution in [0.1, 0.15) is 23.2 Å². The fraction of sp³-hybridized carbons (Fsp3) is 0.261. The second-order valence-corrected chi connectivity index (χ2v) is 7.95. The predicted octanol–water partition coefficient (Wildman–Crippen LogP) is 3.23. The first kappa shape index (κ1) is 20.3. The van der Waals surface area contributed by atoms with Gasteiger partial charge in [-0.25, -0.2) is 4.98 Å². The van der Waals surface area contributed by atoms with Crippen LogP contribution in [-0.4, -0.2) is 47.4 Å². The number of rotatable bonds is 5. The Morgan fingerprint density at radius 3 is 2.53 bits per heavy atom. The molecule has 154 valence electrons. The standard InChI is InChI=1S/C23H23ClN4O2/c24-19-7-3-1-6-17(19)21-13-18(16-5-2-4-8-20(16)27-21)23(30)26-15-9-11-28(12-10-15)14-22(25)29/h1-8,13,15H,9-12,14H2,(H2,25,29)(H,26,30). The second-order valence-electron chi connectivity index (χ2n) is 7.54. The molecule has 1 aromatic heterocycles. The molecule has 1 saturated heterocycles. The van der Waals surface area contributed by atoms with Gasteiger partial charge in [0.2, 0.25) is 5.91 Å². The third-order valence-electron chi connectivity index (χ3n) is 5.41. The van der Waals surface area contributed by atoms with E-state index in [0.717, 1.165) is 42.4 Å². The SMILES string of the molecule is NC(=O)CN1CCC(NC(=O)c2cc(-c3ccccc3Cl)nc3ccccc23)CC1. The van der Waals surface area contributed by atoms with Crippen molar-refractivity contribution in [3.8, 4) is 11.3 Å². The van der Waals surface area contributed by atoms with E-state index >= 15 is 0 Å². The lowest BCUT2D eigenvalue weighted by Crippen LogP contribution is -2.46. The summed E-state index contributed by atoms with van der Waals surface area (Å²) < 4.78 is 0. The normalized spacial score (nSPS) is 15.2. The number of benzene rings is 2. The van der Waals surface area contributed by atoms with Crippen LogP contribution in [0.2, 0.25) is 5.02 Å². The number of hydrogen-bond acceptors (Lipinski definition) is 4. The number of carbonyl (C=O) groups is 2. The van der Waals surface area contributed by atoms with Crippen molar-refractivity contribution < 1.29 is 9.59 Å². The molecule has 2 heterocycles. The molecule has 6 nitrogen and oxygen atoms in total. The van der Waals surface area contributed by atoms with Gasteiger partial charge in [0.05, 0.1) is 23.3 Å². The second kappa shape index (κ2) is 8.81. The van der Waals surface area contributed by atoms with Crippen molar-refractivity contribution in [2.24, 2.45) is 5.73 Å².